The first-order chi connectivity index (χ1) is 10.2. The number of aryl methyl sites for hydroxylation is 1. The lowest BCUT2D eigenvalue weighted by Gasteiger charge is -2.13. The fraction of sp³-hybridized carbons (Fsp3) is 0.412. The fourth-order valence-corrected chi connectivity index (χ4v) is 2.50. The maximum Gasteiger partial charge on any atom is 0.136 e. The highest BCUT2D eigenvalue weighted by atomic mass is 15.1. The highest BCUT2D eigenvalue weighted by molar-refractivity contribution is 5.55. The summed E-state index contributed by atoms with van der Waals surface area (Å²) in [6.45, 7) is 4.92. The second kappa shape index (κ2) is 5.72. The van der Waals surface area contributed by atoms with Crippen LogP contribution in [0.15, 0.2) is 24.3 Å². The number of nitrogens with zero attached hydrogens (tertiary/aromatic N) is 2. The average Bonchev–Trinajstić information content (AvgIpc) is 3.33. The molecule has 1 fully saturated rings. The number of nitrogen functional groups attached to an aromatic ring is 1. The van der Waals surface area contributed by atoms with Gasteiger partial charge in [-0.3, -0.25) is 0 Å². The lowest BCUT2D eigenvalue weighted by Crippen LogP contribution is -2.10. The van der Waals surface area contributed by atoms with Crippen LogP contribution in [0.1, 0.15) is 48.2 Å². The van der Waals surface area contributed by atoms with Crippen LogP contribution in [-0.2, 0) is 13.0 Å². The molecule has 0 saturated heterocycles. The van der Waals surface area contributed by atoms with Crippen LogP contribution in [0.25, 0.3) is 0 Å². The van der Waals surface area contributed by atoms with Crippen LogP contribution in [0.4, 0.5) is 11.6 Å². The van der Waals surface area contributed by atoms with Gasteiger partial charge in [0.05, 0.1) is 0 Å². The number of nitrogens with two attached hydrogens (primary N) is 1. The van der Waals surface area contributed by atoms with E-state index in [9.17, 15) is 0 Å². The molecule has 0 radical (unpaired) electrons. The van der Waals surface area contributed by atoms with Crippen molar-refractivity contribution < 1.29 is 0 Å². The van der Waals surface area contributed by atoms with E-state index in [1.807, 2.05) is 6.92 Å². The summed E-state index contributed by atoms with van der Waals surface area (Å²) in [4.78, 5) is 9.07. The number of hydrogen-bond acceptors (Lipinski definition) is 4. The van der Waals surface area contributed by atoms with Gasteiger partial charge in [-0.2, -0.15) is 0 Å². The molecule has 4 nitrogen and oxygen atoms in total. The van der Waals surface area contributed by atoms with Crippen molar-refractivity contribution >= 4 is 11.6 Å². The van der Waals surface area contributed by atoms with Gasteiger partial charge in [-0.1, -0.05) is 31.2 Å². The number of benzene rings is 1. The third kappa shape index (κ3) is 2.99. The van der Waals surface area contributed by atoms with Crippen LogP contribution in [0.5, 0.6) is 0 Å². The van der Waals surface area contributed by atoms with E-state index in [1.54, 1.807) is 0 Å². The van der Waals surface area contributed by atoms with Crippen LogP contribution >= 0.6 is 0 Å². The Kier molecular flexibility index (Phi) is 3.78. The summed E-state index contributed by atoms with van der Waals surface area (Å²) in [6, 6.07) is 8.50. The molecule has 0 bridgehead atoms. The van der Waals surface area contributed by atoms with Crippen LogP contribution in [-0.4, -0.2) is 9.97 Å². The van der Waals surface area contributed by atoms with Crippen molar-refractivity contribution in [3.63, 3.8) is 0 Å². The van der Waals surface area contributed by atoms with Crippen LogP contribution in [0.2, 0.25) is 0 Å². The minimum absolute atomic E-state index is 0.511. The normalized spacial score (nSPS) is 14.2. The van der Waals surface area contributed by atoms with E-state index in [1.165, 1.54) is 24.0 Å². The van der Waals surface area contributed by atoms with Gasteiger partial charge >= 0.3 is 0 Å². The quantitative estimate of drug-likeness (QED) is 0.882. The molecule has 1 heterocycles. The molecule has 1 aliphatic carbocycles. The van der Waals surface area contributed by atoms with E-state index in [4.69, 9.17) is 5.73 Å². The molecule has 3 rings (SSSR count). The van der Waals surface area contributed by atoms with Crippen molar-refractivity contribution in [2.75, 3.05) is 11.1 Å². The number of hydrogen-bond donors (Lipinski definition) is 2. The van der Waals surface area contributed by atoms with E-state index in [-0.39, 0.29) is 0 Å². The van der Waals surface area contributed by atoms with Crippen molar-refractivity contribution in [3.8, 4) is 0 Å². The van der Waals surface area contributed by atoms with Gasteiger partial charge in [-0.15, -0.1) is 0 Å². The Balaban J connectivity index is 1.81. The SMILES string of the molecule is CCc1ccccc1CNc1nc(C2CC2)nc(N)c1C. The standard InChI is InChI=1S/C17H22N4/c1-3-12-6-4-5-7-14(12)10-19-16-11(2)15(18)20-17(21-16)13-8-9-13/h4-7,13H,3,8-10H2,1-2H3,(H3,18,19,20,21). The molecule has 110 valence electrons. The first-order valence-corrected chi connectivity index (χ1v) is 7.63. The highest BCUT2D eigenvalue weighted by Gasteiger charge is 2.27. The molecule has 1 aromatic heterocycles. The largest absolute Gasteiger partial charge is 0.383 e. The maximum atomic E-state index is 6.02. The van der Waals surface area contributed by atoms with Gasteiger partial charge in [-0.25, -0.2) is 9.97 Å². The van der Waals surface area contributed by atoms with Crippen LogP contribution in [0, 0.1) is 6.92 Å². The van der Waals surface area contributed by atoms with Crippen molar-refractivity contribution in [3.05, 3.63) is 46.8 Å². The first kappa shape index (κ1) is 13.9. The van der Waals surface area contributed by atoms with Gasteiger partial charge in [0.1, 0.15) is 17.5 Å². The number of rotatable bonds is 5. The highest BCUT2D eigenvalue weighted by Crippen LogP contribution is 2.39. The minimum atomic E-state index is 0.511. The van der Waals surface area contributed by atoms with E-state index < -0.39 is 0 Å². The average molecular weight is 282 g/mol. The van der Waals surface area contributed by atoms with E-state index in [2.05, 4.69) is 46.5 Å². The van der Waals surface area contributed by atoms with Crippen LogP contribution < -0.4 is 11.1 Å². The van der Waals surface area contributed by atoms with E-state index in [0.29, 0.717) is 11.7 Å². The Morgan fingerprint density at radius 2 is 1.90 bits per heavy atom. The minimum Gasteiger partial charge on any atom is -0.383 e. The zero-order valence-corrected chi connectivity index (χ0v) is 12.7. The van der Waals surface area contributed by atoms with E-state index in [0.717, 1.165) is 30.2 Å². The lowest BCUT2D eigenvalue weighted by molar-refractivity contribution is 0.915. The summed E-state index contributed by atoms with van der Waals surface area (Å²) in [5.41, 5.74) is 9.64. The van der Waals surface area contributed by atoms with Gasteiger partial charge in [0.2, 0.25) is 0 Å². The maximum absolute atomic E-state index is 6.02. The molecule has 0 unspecified atom stereocenters. The molecule has 4 heteroatoms. The third-order valence-electron chi connectivity index (χ3n) is 4.09. The van der Waals surface area contributed by atoms with Gasteiger partial charge in [0, 0.05) is 18.0 Å². The second-order valence-electron chi connectivity index (χ2n) is 5.69. The summed E-state index contributed by atoms with van der Waals surface area (Å²) < 4.78 is 0. The van der Waals surface area contributed by atoms with Crippen molar-refractivity contribution in [2.45, 2.75) is 45.6 Å². The zero-order chi connectivity index (χ0) is 14.8. The molecule has 0 amide bonds. The molecule has 3 N–H and O–H groups in total. The summed E-state index contributed by atoms with van der Waals surface area (Å²) in [5, 5.41) is 3.44. The molecule has 0 spiro atoms. The Hall–Kier alpha value is -2.10. The summed E-state index contributed by atoms with van der Waals surface area (Å²) >= 11 is 0. The zero-order valence-electron chi connectivity index (χ0n) is 12.7. The predicted molar refractivity (Wildman–Crippen MR) is 86.3 cm³/mol. The molecule has 1 aliphatic rings. The third-order valence-corrected chi connectivity index (χ3v) is 4.09. The number of anilines is 2. The lowest BCUT2D eigenvalue weighted by atomic mass is 10.1. The summed E-state index contributed by atoms with van der Waals surface area (Å²) in [5.74, 6) is 2.87. The molecular weight excluding hydrogens is 260 g/mol. The van der Waals surface area contributed by atoms with Crippen molar-refractivity contribution in [2.24, 2.45) is 0 Å². The molecule has 1 saturated carbocycles. The molecule has 0 atom stereocenters. The molecule has 21 heavy (non-hydrogen) atoms. The van der Waals surface area contributed by atoms with E-state index >= 15 is 0 Å². The van der Waals surface area contributed by atoms with Gasteiger partial charge in [0.25, 0.3) is 0 Å². The number of nitrogens with one attached hydrogen (secondary N) is 1. The molecule has 0 aliphatic heterocycles. The van der Waals surface area contributed by atoms with Gasteiger partial charge in [-0.05, 0) is 37.3 Å². The first-order valence-electron chi connectivity index (χ1n) is 7.63. The topological polar surface area (TPSA) is 63.8 Å². The fourth-order valence-electron chi connectivity index (χ4n) is 2.50. The van der Waals surface area contributed by atoms with Gasteiger partial charge < -0.3 is 11.1 Å². The predicted octanol–water partition coefficient (Wildman–Crippen LogP) is 3.42. The smallest absolute Gasteiger partial charge is 0.136 e. The van der Waals surface area contributed by atoms with Crippen molar-refractivity contribution in [1.29, 1.82) is 0 Å². The Labute approximate surface area is 125 Å². The Morgan fingerprint density at radius 1 is 1.19 bits per heavy atom. The van der Waals surface area contributed by atoms with Crippen LogP contribution in [0.3, 0.4) is 0 Å². The monoisotopic (exact) mass is 282 g/mol. The molecule has 1 aromatic carbocycles. The second-order valence-corrected chi connectivity index (χ2v) is 5.69. The van der Waals surface area contributed by atoms with Gasteiger partial charge in [0.15, 0.2) is 0 Å². The number of aromatic nitrogens is 2. The van der Waals surface area contributed by atoms with Crippen molar-refractivity contribution in [1.82, 2.24) is 9.97 Å². The summed E-state index contributed by atoms with van der Waals surface area (Å²) in [7, 11) is 0. The molecular formula is C17H22N4. The summed E-state index contributed by atoms with van der Waals surface area (Å²) in [6.07, 6.45) is 3.40. The molecule has 2 aromatic rings. The Morgan fingerprint density at radius 3 is 2.57 bits per heavy atom. The Bertz CT molecular complexity index is 647.